The lowest BCUT2D eigenvalue weighted by Gasteiger charge is -2.27. The van der Waals surface area contributed by atoms with Crippen LogP contribution in [0.2, 0.25) is 0 Å². The van der Waals surface area contributed by atoms with Gasteiger partial charge in [0, 0.05) is 19.0 Å². The number of nitrogens with zero attached hydrogens (tertiary/aromatic N) is 3. The predicted octanol–water partition coefficient (Wildman–Crippen LogP) is 2.73. The van der Waals surface area contributed by atoms with Crippen molar-refractivity contribution in [3.63, 3.8) is 0 Å². The zero-order valence-electron chi connectivity index (χ0n) is 12.4. The van der Waals surface area contributed by atoms with Gasteiger partial charge in [-0.05, 0) is 11.5 Å². The average molecular weight is 270 g/mol. The van der Waals surface area contributed by atoms with Gasteiger partial charge >= 0.3 is 0 Å². The standard InChI is InChI=1S/C16H22N4/c1-11(2)12(3)15-18-19-16-14(17-9-10-20(15)16)13-7-5-4-6-8-13/h4-8,11-12,14,17H,9-10H2,1-3H3. The molecule has 0 amide bonds. The number of fused-ring (bicyclic) bond motifs is 1. The van der Waals surface area contributed by atoms with Crippen molar-refractivity contribution in [3.8, 4) is 0 Å². The number of aromatic nitrogens is 3. The maximum Gasteiger partial charge on any atom is 0.154 e. The summed E-state index contributed by atoms with van der Waals surface area (Å²) in [5.41, 5.74) is 1.25. The van der Waals surface area contributed by atoms with Crippen molar-refractivity contribution < 1.29 is 0 Å². The molecule has 2 unspecified atom stereocenters. The van der Waals surface area contributed by atoms with Crippen LogP contribution in [0.4, 0.5) is 0 Å². The van der Waals surface area contributed by atoms with E-state index in [0.717, 1.165) is 24.7 Å². The lowest BCUT2D eigenvalue weighted by atomic mass is 9.97. The zero-order chi connectivity index (χ0) is 14.1. The highest BCUT2D eigenvalue weighted by Crippen LogP contribution is 2.28. The van der Waals surface area contributed by atoms with E-state index in [1.54, 1.807) is 0 Å². The van der Waals surface area contributed by atoms with Crippen LogP contribution < -0.4 is 5.32 Å². The summed E-state index contributed by atoms with van der Waals surface area (Å²) in [5.74, 6) is 3.18. The van der Waals surface area contributed by atoms with Crippen LogP contribution in [0.3, 0.4) is 0 Å². The van der Waals surface area contributed by atoms with Crippen LogP contribution in [-0.2, 0) is 6.54 Å². The second kappa shape index (κ2) is 5.37. The Kier molecular flexibility index (Phi) is 3.57. The van der Waals surface area contributed by atoms with Gasteiger partial charge in [-0.2, -0.15) is 0 Å². The quantitative estimate of drug-likeness (QED) is 0.932. The van der Waals surface area contributed by atoms with E-state index >= 15 is 0 Å². The molecule has 2 heterocycles. The van der Waals surface area contributed by atoms with E-state index in [0.29, 0.717) is 11.8 Å². The van der Waals surface area contributed by atoms with Crippen molar-refractivity contribution in [2.24, 2.45) is 5.92 Å². The fourth-order valence-electron chi connectivity index (χ4n) is 2.73. The van der Waals surface area contributed by atoms with E-state index in [1.165, 1.54) is 5.56 Å². The monoisotopic (exact) mass is 270 g/mol. The van der Waals surface area contributed by atoms with E-state index in [-0.39, 0.29) is 6.04 Å². The second-order valence-electron chi connectivity index (χ2n) is 5.90. The van der Waals surface area contributed by atoms with Gasteiger partial charge in [0.2, 0.25) is 0 Å². The average Bonchev–Trinajstić information content (AvgIpc) is 2.91. The molecule has 2 aromatic rings. The topological polar surface area (TPSA) is 42.7 Å². The van der Waals surface area contributed by atoms with Gasteiger partial charge in [0.05, 0.1) is 6.04 Å². The summed E-state index contributed by atoms with van der Waals surface area (Å²) < 4.78 is 2.30. The first-order valence-electron chi connectivity index (χ1n) is 7.39. The number of rotatable bonds is 3. The van der Waals surface area contributed by atoms with Gasteiger partial charge < -0.3 is 9.88 Å². The molecule has 0 radical (unpaired) electrons. The molecule has 4 heteroatoms. The van der Waals surface area contributed by atoms with Crippen LogP contribution in [0.15, 0.2) is 30.3 Å². The summed E-state index contributed by atoms with van der Waals surface area (Å²) in [6.45, 7) is 8.63. The molecule has 0 fully saturated rings. The summed E-state index contributed by atoms with van der Waals surface area (Å²) in [7, 11) is 0. The first-order valence-corrected chi connectivity index (χ1v) is 7.39. The Morgan fingerprint density at radius 2 is 1.90 bits per heavy atom. The van der Waals surface area contributed by atoms with Crippen molar-refractivity contribution in [1.82, 2.24) is 20.1 Å². The van der Waals surface area contributed by atoms with Crippen LogP contribution in [0.5, 0.6) is 0 Å². The Hall–Kier alpha value is -1.68. The van der Waals surface area contributed by atoms with Crippen LogP contribution in [-0.4, -0.2) is 21.3 Å². The van der Waals surface area contributed by atoms with Crippen molar-refractivity contribution in [2.45, 2.75) is 39.3 Å². The van der Waals surface area contributed by atoms with Crippen molar-refractivity contribution in [1.29, 1.82) is 0 Å². The molecule has 20 heavy (non-hydrogen) atoms. The number of hydrogen-bond acceptors (Lipinski definition) is 3. The molecule has 2 atom stereocenters. The molecule has 0 aliphatic carbocycles. The number of hydrogen-bond donors (Lipinski definition) is 1. The molecule has 0 saturated carbocycles. The SMILES string of the molecule is CC(C)C(C)c1nnc2n1CCNC2c1ccccc1. The smallest absolute Gasteiger partial charge is 0.154 e. The van der Waals surface area contributed by atoms with Crippen LogP contribution in [0, 0.1) is 5.92 Å². The molecule has 3 rings (SSSR count). The summed E-state index contributed by atoms with van der Waals surface area (Å²) in [6.07, 6.45) is 0. The van der Waals surface area contributed by atoms with Crippen molar-refractivity contribution in [3.05, 3.63) is 47.5 Å². The molecular formula is C16H22N4. The molecule has 0 saturated heterocycles. The summed E-state index contributed by atoms with van der Waals surface area (Å²) in [5, 5.41) is 12.5. The van der Waals surface area contributed by atoms with Gasteiger partial charge in [-0.15, -0.1) is 10.2 Å². The first kappa shape index (κ1) is 13.3. The van der Waals surface area contributed by atoms with Gasteiger partial charge in [0.25, 0.3) is 0 Å². The third-order valence-corrected chi connectivity index (χ3v) is 4.29. The van der Waals surface area contributed by atoms with E-state index < -0.39 is 0 Å². The maximum atomic E-state index is 4.47. The Labute approximate surface area is 120 Å². The Bertz CT molecular complexity index is 573. The lowest BCUT2D eigenvalue weighted by molar-refractivity contribution is 0.421. The zero-order valence-corrected chi connectivity index (χ0v) is 12.4. The lowest BCUT2D eigenvalue weighted by Crippen LogP contribution is -2.35. The highest BCUT2D eigenvalue weighted by atomic mass is 15.3. The molecule has 0 spiro atoms. The number of nitrogens with one attached hydrogen (secondary N) is 1. The summed E-state index contributed by atoms with van der Waals surface area (Å²) in [4.78, 5) is 0. The molecule has 1 aromatic heterocycles. The minimum atomic E-state index is 0.158. The molecule has 4 nitrogen and oxygen atoms in total. The maximum absolute atomic E-state index is 4.47. The molecule has 0 bridgehead atoms. The Morgan fingerprint density at radius 1 is 1.15 bits per heavy atom. The van der Waals surface area contributed by atoms with Crippen LogP contribution in [0.25, 0.3) is 0 Å². The highest BCUT2D eigenvalue weighted by Gasteiger charge is 2.28. The Balaban J connectivity index is 1.99. The second-order valence-corrected chi connectivity index (χ2v) is 5.90. The minimum absolute atomic E-state index is 0.158. The molecule has 1 aliphatic rings. The Morgan fingerprint density at radius 3 is 2.60 bits per heavy atom. The normalized spacial score (nSPS) is 19.9. The van der Waals surface area contributed by atoms with Gasteiger partial charge in [-0.1, -0.05) is 51.1 Å². The fourth-order valence-corrected chi connectivity index (χ4v) is 2.73. The van der Waals surface area contributed by atoms with Gasteiger partial charge in [0.1, 0.15) is 5.82 Å². The van der Waals surface area contributed by atoms with E-state index in [1.807, 2.05) is 6.07 Å². The molecule has 1 aliphatic heterocycles. The largest absolute Gasteiger partial charge is 0.312 e. The van der Waals surface area contributed by atoms with Gasteiger partial charge in [0.15, 0.2) is 5.82 Å². The highest BCUT2D eigenvalue weighted by molar-refractivity contribution is 5.26. The molecule has 106 valence electrons. The van der Waals surface area contributed by atoms with Gasteiger partial charge in [-0.3, -0.25) is 0 Å². The van der Waals surface area contributed by atoms with Crippen LogP contribution >= 0.6 is 0 Å². The van der Waals surface area contributed by atoms with E-state index in [2.05, 4.69) is 65.1 Å². The third-order valence-electron chi connectivity index (χ3n) is 4.29. The summed E-state index contributed by atoms with van der Waals surface area (Å²) >= 11 is 0. The number of benzene rings is 1. The first-order chi connectivity index (χ1) is 9.68. The molecular weight excluding hydrogens is 248 g/mol. The van der Waals surface area contributed by atoms with E-state index in [4.69, 9.17) is 0 Å². The molecule has 1 aromatic carbocycles. The minimum Gasteiger partial charge on any atom is -0.312 e. The van der Waals surface area contributed by atoms with Gasteiger partial charge in [-0.25, -0.2) is 0 Å². The van der Waals surface area contributed by atoms with Crippen molar-refractivity contribution in [2.75, 3.05) is 6.54 Å². The molecule has 1 N–H and O–H groups in total. The third kappa shape index (κ3) is 2.24. The van der Waals surface area contributed by atoms with Crippen molar-refractivity contribution >= 4 is 0 Å². The fraction of sp³-hybridized carbons (Fsp3) is 0.500. The predicted molar refractivity (Wildman–Crippen MR) is 79.6 cm³/mol. The van der Waals surface area contributed by atoms with Crippen LogP contribution in [0.1, 0.15) is 49.9 Å². The summed E-state index contributed by atoms with van der Waals surface area (Å²) in [6, 6.07) is 10.6. The van der Waals surface area contributed by atoms with E-state index in [9.17, 15) is 0 Å².